The van der Waals surface area contributed by atoms with E-state index in [-0.39, 0.29) is 7.43 Å². The van der Waals surface area contributed by atoms with Crippen molar-refractivity contribution in [3.05, 3.63) is 35.9 Å². The summed E-state index contributed by atoms with van der Waals surface area (Å²) in [6.07, 6.45) is 0. The van der Waals surface area contributed by atoms with E-state index in [1.165, 1.54) is 0 Å². The number of thiocarbonyl (C=S) groups is 1. The molecule has 0 heterocycles. The van der Waals surface area contributed by atoms with Crippen LogP contribution in [0.4, 0.5) is 0 Å². The molecule has 1 rings (SSSR count). The maximum Gasteiger partial charge on any atom is 0.111 e. The predicted molar refractivity (Wildman–Crippen MR) is 50.7 cm³/mol. The maximum atomic E-state index is 5.53. The van der Waals surface area contributed by atoms with E-state index in [2.05, 4.69) is 0 Å². The van der Waals surface area contributed by atoms with E-state index in [1.807, 2.05) is 30.3 Å². The largest absolute Gasteiger partial charge is 0.111 e. The summed E-state index contributed by atoms with van der Waals surface area (Å²) in [5.41, 5.74) is 0.911. The average Bonchev–Trinajstić information content (AvgIpc) is 1.90. The van der Waals surface area contributed by atoms with Crippen molar-refractivity contribution in [1.29, 1.82) is 0 Å². The van der Waals surface area contributed by atoms with Crippen molar-refractivity contribution in [3.63, 3.8) is 0 Å². The van der Waals surface area contributed by atoms with Gasteiger partial charge >= 0.3 is 0 Å². The average molecular weight is 173 g/mol. The predicted octanol–water partition coefficient (Wildman–Crippen LogP) is 3.24. The van der Waals surface area contributed by atoms with Gasteiger partial charge in [-0.25, -0.2) is 0 Å². The first-order chi connectivity index (χ1) is 4.30. The molecule has 0 unspecified atom stereocenters. The summed E-state index contributed by atoms with van der Waals surface area (Å²) in [4.78, 5) is 0. The lowest BCUT2D eigenvalue weighted by Crippen LogP contribution is -1.82. The SMILES string of the molecule is C.S=C(Cl)c1ccccc1. The molecule has 1 aromatic rings. The summed E-state index contributed by atoms with van der Waals surface area (Å²) >= 11 is 10.3. The lowest BCUT2D eigenvalue weighted by atomic mass is 10.2. The Morgan fingerprint density at radius 3 is 2.00 bits per heavy atom. The van der Waals surface area contributed by atoms with Crippen LogP contribution < -0.4 is 0 Å². The fourth-order valence-electron chi connectivity index (χ4n) is 0.569. The van der Waals surface area contributed by atoms with Gasteiger partial charge in [0.1, 0.15) is 4.32 Å². The summed E-state index contributed by atoms with van der Waals surface area (Å²) in [6.45, 7) is 0. The highest BCUT2D eigenvalue weighted by Gasteiger charge is 1.91. The normalized spacial score (nSPS) is 8.10. The van der Waals surface area contributed by atoms with Gasteiger partial charge in [0, 0.05) is 5.56 Å². The van der Waals surface area contributed by atoms with Gasteiger partial charge in [-0.05, 0) is 0 Å². The van der Waals surface area contributed by atoms with Crippen molar-refractivity contribution < 1.29 is 0 Å². The molecule has 10 heavy (non-hydrogen) atoms. The van der Waals surface area contributed by atoms with Gasteiger partial charge in [-0.2, -0.15) is 0 Å². The zero-order valence-electron chi connectivity index (χ0n) is 4.67. The molecule has 0 radical (unpaired) electrons. The summed E-state index contributed by atoms with van der Waals surface area (Å²) in [6, 6.07) is 9.51. The van der Waals surface area contributed by atoms with Crippen molar-refractivity contribution in [1.82, 2.24) is 0 Å². The first-order valence-corrected chi connectivity index (χ1v) is 3.34. The molecule has 1 aromatic carbocycles. The fourth-order valence-corrected chi connectivity index (χ4v) is 0.831. The van der Waals surface area contributed by atoms with Gasteiger partial charge in [0.2, 0.25) is 0 Å². The second-order valence-corrected chi connectivity index (χ2v) is 2.65. The molecule has 0 nitrogen and oxygen atoms in total. The zero-order chi connectivity index (χ0) is 6.69. The monoisotopic (exact) mass is 172 g/mol. The minimum atomic E-state index is 0. The molecule has 0 amide bonds. The number of halogens is 1. The third-order valence-electron chi connectivity index (χ3n) is 1.00. The van der Waals surface area contributed by atoms with Crippen molar-refractivity contribution in [3.8, 4) is 0 Å². The number of rotatable bonds is 1. The third-order valence-corrected chi connectivity index (χ3v) is 1.45. The molecule has 54 valence electrons. The summed E-state index contributed by atoms with van der Waals surface area (Å²) in [7, 11) is 0. The first kappa shape index (κ1) is 9.60. The molecule has 0 atom stereocenters. The molecule has 0 aromatic heterocycles. The Morgan fingerprint density at radius 1 is 1.20 bits per heavy atom. The van der Waals surface area contributed by atoms with E-state index in [9.17, 15) is 0 Å². The summed E-state index contributed by atoms with van der Waals surface area (Å²) in [5.74, 6) is 0. The molecule has 0 aliphatic heterocycles. The second kappa shape index (κ2) is 4.42. The van der Waals surface area contributed by atoms with E-state index in [4.69, 9.17) is 23.8 Å². The molecule has 0 aliphatic rings. The number of hydrogen-bond acceptors (Lipinski definition) is 1. The Labute approximate surface area is 71.8 Å². The van der Waals surface area contributed by atoms with Crippen LogP contribution in [0, 0.1) is 0 Å². The van der Waals surface area contributed by atoms with E-state index < -0.39 is 0 Å². The van der Waals surface area contributed by atoms with Gasteiger partial charge < -0.3 is 0 Å². The lowest BCUT2D eigenvalue weighted by Gasteiger charge is -1.90. The minimum absolute atomic E-state index is 0. The Kier molecular flexibility index (Phi) is 4.24. The van der Waals surface area contributed by atoms with E-state index in [0.29, 0.717) is 4.32 Å². The highest BCUT2D eigenvalue weighted by Crippen LogP contribution is 2.03. The first-order valence-electron chi connectivity index (χ1n) is 2.55. The quantitative estimate of drug-likeness (QED) is 0.463. The van der Waals surface area contributed by atoms with Crippen LogP contribution in [0.2, 0.25) is 0 Å². The molecule has 0 aliphatic carbocycles. The van der Waals surface area contributed by atoms with Crippen LogP contribution >= 0.6 is 23.8 Å². The third kappa shape index (κ3) is 2.46. The minimum Gasteiger partial charge on any atom is -0.0776 e. The molecule has 0 N–H and O–H groups in total. The van der Waals surface area contributed by atoms with Crippen LogP contribution in [0.1, 0.15) is 13.0 Å². The summed E-state index contributed by atoms with van der Waals surface area (Å²) < 4.78 is 0.426. The van der Waals surface area contributed by atoms with E-state index in [1.54, 1.807) is 0 Å². The van der Waals surface area contributed by atoms with Crippen LogP contribution in [-0.4, -0.2) is 4.32 Å². The zero-order valence-corrected chi connectivity index (χ0v) is 6.25. The van der Waals surface area contributed by atoms with Crippen LogP contribution in [0.25, 0.3) is 0 Å². The molecule has 0 saturated carbocycles. The van der Waals surface area contributed by atoms with Crippen molar-refractivity contribution >= 4 is 28.1 Å². The van der Waals surface area contributed by atoms with Gasteiger partial charge in [0.25, 0.3) is 0 Å². The van der Waals surface area contributed by atoms with Crippen LogP contribution in [0.15, 0.2) is 30.3 Å². The van der Waals surface area contributed by atoms with Crippen molar-refractivity contribution in [2.24, 2.45) is 0 Å². The molecular formula is C8H9ClS. The van der Waals surface area contributed by atoms with E-state index in [0.717, 1.165) is 5.56 Å². The summed E-state index contributed by atoms with van der Waals surface area (Å²) in [5, 5.41) is 0. The Balaban J connectivity index is 0.000000810. The highest BCUT2D eigenvalue weighted by molar-refractivity contribution is 7.83. The second-order valence-electron chi connectivity index (χ2n) is 1.64. The molecule has 0 saturated heterocycles. The molecule has 0 spiro atoms. The molecule has 0 bridgehead atoms. The molecule has 0 fully saturated rings. The van der Waals surface area contributed by atoms with Gasteiger partial charge in [-0.1, -0.05) is 61.6 Å². The van der Waals surface area contributed by atoms with Crippen molar-refractivity contribution in [2.75, 3.05) is 0 Å². The Bertz CT molecular complexity index is 206. The van der Waals surface area contributed by atoms with Crippen molar-refractivity contribution in [2.45, 2.75) is 7.43 Å². The standard InChI is InChI=1S/C7H5ClS.CH4/c8-7(9)6-4-2-1-3-5-6;/h1-5H;1H4. The molecular weight excluding hydrogens is 164 g/mol. The van der Waals surface area contributed by atoms with Gasteiger partial charge in [-0.15, -0.1) is 0 Å². The Hall–Kier alpha value is -0.400. The maximum absolute atomic E-state index is 5.53. The van der Waals surface area contributed by atoms with Crippen LogP contribution in [0.5, 0.6) is 0 Å². The lowest BCUT2D eigenvalue weighted by molar-refractivity contribution is 1.69. The Morgan fingerprint density at radius 2 is 1.70 bits per heavy atom. The number of hydrogen-bond donors (Lipinski definition) is 0. The smallest absolute Gasteiger partial charge is 0.0776 e. The highest BCUT2D eigenvalue weighted by atomic mass is 35.5. The van der Waals surface area contributed by atoms with E-state index >= 15 is 0 Å². The van der Waals surface area contributed by atoms with Gasteiger partial charge in [0.05, 0.1) is 0 Å². The topological polar surface area (TPSA) is 0 Å². The fraction of sp³-hybridized carbons (Fsp3) is 0.125. The van der Waals surface area contributed by atoms with Crippen LogP contribution in [-0.2, 0) is 0 Å². The van der Waals surface area contributed by atoms with Gasteiger partial charge in [-0.3, -0.25) is 0 Å². The number of benzene rings is 1. The van der Waals surface area contributed by atoms with Crippen LogP contribution in [0.3, 0.4) is 0 Å². The van der Waals surface area contributed by atoms with Gasteiger partial charge in [0.15, 0.2) is 0 Å². The molecule has 2 heteroatoms.